The van der Waals surface area contributed by atoms with Crippen LogP contribution in [0.4, 0.5) is 5.69 Å². The van der Waals surface area contributed by atoms with Gasteiger partial charge in [-0.2, -0.15) is 0 Å². The molecule has 0 aliphatic heterocycles. The minimum atomic E-state index is -0.169. The molecule has 0 saturated carbocycles. The lowest BCUT2D eigenvalue weighted by Crippen LogP contribution is -2.13. The molecule has 4 nitrogen and oxygen atoms in total. The van der Waals surface area contributed by atoms with E-state index < -0.39 is 0 Å². The molecule has 0 saturated heterocycles. The normalized spacial score (nSPS) is 11.1. The van der Waals surface area contributed by atoms with Crippen molar-refractivity contribution in [3.63, 3.8) is 0 Å². The molecule has 146 valence electrons. The Hall–Kier alpha value is -2.71. The molecule has 5 aromatic rings. The van der Waals surface area contributed by atoms with Crippen molar-refractivity contribution in [1.29, 1.82) is 0 Å². The van der Waals surface area contributed by atoms with Gasteiger partial charge in [0.15, 0.2) is 5.58 Å². The summed E-state index contributed by atoms with van der Waals surface area (Å²) in [6.45, 7) is 0. The van der Waals surface area contributed by atoms with E-state index in [2.05, 4.69) is 67.0 Å². The lowest BCUT2D eigenvalue weighted by molar-refractivity contribution is 0.102. The van der Waals surface area contributed by atoms with E-state index in [1.807, 2.05) is 60.7 Å². The number of carbonyl (C=O) groups is 1. The number of oxazole rings is 1. The van der Waals surface area contributed by atoms with E-state index in [1.165, 1.54) is 0 Å². The second-order valence-electron chi connectivity index (χ2n) is 6.81. The summed E-state index contributed by atoms with van der Waals surface area (Å²) >= 11 is 5.58. The van der Waals surface area contributed by atoms with Crippen molar-refractivity contribution in [2.75, 3.05) is 5.32 Å². The van der Waals surface area contributed by atoms with Crippen molar-refractivity contribution < 1.29 is 9.21 Å². The number of benzene rings is 4. The average Bonchev–Trinajstić information content (AvgIpc) is 3.18. The van der Waals surface area contributed by atoms with Crippen LogP contribution >= 0.6 is 38.5 Å². The monoisotopic (exact) mass is 568 g/mol. The first kappa shape index (κ1) is 19.3. The van der Waals surface area contributed by atoms with Gasteiger partial charge in [0.1, 0.15) is 5.52 Å². The fraction of sp³-hybridized carbons (Fsp3) is 0. The molecule has 1 heterocycles. The molecule has 0 radical (unpaired) electrons. The lowest BCUT2D eigenvalue weighted by Gasteiger charge is -2.07. The van der Waals surface area contributed by atoms with E-state index >= 15 is 0 Å². The van der Waals surface area contributed by atoms with Gasteiger partial charge in [-0.05, 0) is 75.8 Å². The van der Waals surface area contributed by atoms with E-state index in [-0.39, 0.29) is 5.91 Å². The summed E-state index contributed by atoms with van der Waals surface area (Å²) in [5.41, 5.74) is 3.59. The summed E-state index contributed by atoms with van der Waals surface area (Å²) in [5, 5.41) is 5.17. The van der Waals surface area contributed by atoms with E-state index in [4.69, 9.17) is 4.42 Å². The molecule has 0 aliphatic carbocycles. The van der Waals surface area contributed by atoms with Crippen LogP contribution < -0.4 is 5.32 Å². The third-order valence-corrected chi connectivity index (χ3v) is 6.27. The number of fused-ring (bicyclic) bond motifs is 2. The van der Waals surface area contributed by atoms with E-state index in [9.17, 15) is 4.79 Å². The highest BCUT2D eigenvalue weighted by molar-refractivity contribution is 14.1. The van der Waals surface area contributed by atoms with E-state index in [0.717, 1.165) is 24.4 Å². The van der Waals surface area contributed by atoms with Gasteiger partial charge in [0, 0.05) is 19.3 Å². The lowest BCUT2D eigenvalue weighted by atomic mass is 10.0. The van der Waals surface area contributed by atoms with Crippen LogP contribution in [0, 0.1) is 3.57 Å². The number of anilines is 1. The SMILES string of the molecule is O=C(Nc1ccc2oc(-c3cccc4ccccc34)nc2c1)c1cc(Br)ccc1I. The molecule has 6 heteroatoms. The quantitative estimate of drug-likeness (QED) is 0.233. The molecule has 1 aromatic heterocycles. The molecule has 1 N–H and O–H groups in total. The van der Waals surface area contributed by atoms with Crippen LogP contribution in [0.5, 0.6) is 0 Å². The molecule has 0 fully saturated rings. The van der Waals surface area contributed by atoms with Gasteiger partial charge in [-0.25, -0.2) is 4.98 Å². The first-order chi connectivity index (χ1) is 14.6. The summed E-state index contributed by atoms with van der Waals surface area (Å²) in [6.07, 6.45) is 0. The largest absolute Gasteiger partial charge is 0.436 e. The molecule has 4 aromatic carbocycles. The summed E-state index contributed by atoms with van der Waals surface area (Å²) in [4.78, 5) is 17.4. The minimum absolute atomic E-state index is 0.169. The number of amides is 1. The summed E-state index contributed by atoms with van der Waals surface area (Å²) in [5.74, 6) is 0.393. The molecular formula is C24H14BrIN2O2. The highest BCUT2D eigenvalue weighted by atomic mass is 127. The van der Waals surface area contributed by atoms with Crippen LogP contribution in [0.15, 0.2) is 87.8 Å². The second-order valence-corrected chi connectivity index (χ2v) is 8.88. The molecule has 1 amide bonds. The van der Waals surface area contributed by atoms with Crippen LogP contribution in [0.2, 0.25) is 0 Å². The summed E-state index contributed by atoms with van der Waals surface area (Å²) in [6, 6.07) is 25.3. The maximum Gasteiger partial charge on any atom is 0.256 e. The van der Waals surface area contributed by atoms with Gasteiger partial charge in [0.25, 0.3) is 5.91 Å². The van der Waals surface area contributed by atoms with Crippen molar-refractivity contribution in [3.05, 3.63) is 92.5 Å². The highest BCUT2D eigenvalue weighted by Gasteiger charge is 2.14. The predicted molar refractivity (Wildman–Crippen MR) is 132 cm³/mol. The van der Waals surface area contributed by atoms with E-state index in [0.29, 0.717) is 28.2 Å². The zero-order chi connectivity index (χ0) is 20.7. The molecule has 30 heavy (non-hydrogen) atoms. The van der Waals surface area contributed by atoms with Crippen molar-refractivity contribution in [2.45, 2.75) is 0 Å². The Balaban J connectivity index is 1.50. The molecule has 0 atom stereocenters. The number of halogens is 2. The predicted octanol–water partition coefficient (Wildman–Crippen LogP) is 7.27. The van der Waals surface area contributed by atoms with Gasteiger partial charge in [-0.1, -0.05) is 52.3 Å². The van der Waals surface area contributed by atoms with Crippen LogP contribution in [0.25, 0.3) is 33.3 Å². The van der Waals surface area contributed by atoms with E-state index in [1.54, 1.807) is 0 Å². The number of rotatable bonds is 3. The van der Waals surface area contributed by atoms with Gasteiger partial charge in [0.2, 0.25) is 5.89 Å². The minimum Gasteiger partial charge on any atom is -0.436 e. The number of nitrogens with zero attached hydrogens (tertiary/aromatic N) is 1. The fourth-order valence-electron chi connectivity index (χ4n) is 3.40. The first-order valence-electron chi connectivity index (χ1n) is 9.23. The van der Waals surface area contributed by atoms with Crippen LogP contribution in [0.3, 0.4) is 0 Å². The van der Waals surface area contributed by atoms with Crippen molar-refractivity contribution in [1.82, 2.24) is 4.98 Å². The topological polar surface area (TPSA) is 55.1 Å². The highest BCUT2D eigenvalue weighted by Crippen LogP contribution is 2.31. The summed E-state index contributed by atoms with van der Waals surface area (Å²) < 4.78 is 7.75. The Labute approximate surface area is 194 Å². The first-order valence-corrected chi connectivity index (χ1v) is 11.1. The number of hydrogen-bond donors (Lipinski definition) is 1. The smallest absolute Gasteiger partial charge is 0.256 e. The standard InChI is InChI=1S/C24H14BrIN2O2/c25-15-8-10-20(26)19(12-15)23(29)27-16-9-11-22-21(13-16)28-24(30-22)18-7-3-5-14-4-1-2-6-17(14)18/h1-13H,(H,27,29). The number of hydrogen-bond acceptors (Lipinski definition) is 3. The third-order valence-electron chi connectivity index (χ3n) is 4.84. The Kier molecular flexibility index (Phi) is 5.04. The van der Waals surface area contributed by atoms with Crippen molar-refractivity contribution in [3.8, 4) is 11.5 Å². The van der Waals surface area contributed by atoms with Gasteiger partial charge >= 0.3 is 0 Å². The molecule has 0 bridgehead atoms. The maximum atomic E-state index is 12.7. The van der Waals surface area contributed by atoms with Crippen LogP contribution in [-0.2, 0) is 0 Å². The van der Waals surface area contributed by atoms with Gasteiger partial charge in [0.05, 0.1) is 5.56 Å². The van der Waals surface area contributed by atoms with Gasteiger partial charge < -0.3 is 9.73 Å². The van der Waals surface area contributed by atoms with Crippen LogP contribution in [-0.4, -0.2) is 10.9 Å². The zero-order valence-corrected chi connectivity index (χ0v) is 19.3. The Morgan fingerprint density at radius 1 is 0.967 bits per heavy atom. The fourth-order valence-corrected chi connectivity index (χ4v) is 4.34. The van der Waals surface area contributed by atoms with Crippen LogP contribution in [0.1, 0.15) is 10.4 Å². The number of aromatic nitrogens is 1. The average molecular weight is 569 g/mol. The molecule has 0 aliphatic rings. The molecule has 0 spiro atoms. The third kappa shape index (κ3) is 3.61. The maximum absolute atomic E-state index is 12.7. The molecule has 5 rings (SSSR count). The Morgan fingerprint density at radius 2 is 1.80 bits per heavy atom. The summed E-state index contributed by atoms with van der Waals surface area (Å²) in [7, 11) is 0. The Bertz CT molecular complexity index is 1420. The number of nitrogens with one attached hydrogen (secondary N) is 1. The molecular weight excluding hydrogens is 555 g/mol. The van der Waals surface area contributed by atoms with Crippen molar-refractivity contribution in [2.24, 2.45) is 0 Å². The number of carbonyl (C=O) groups excluding carboxylic acids is 1. The molecule has 0 unspecified atom stereocenters. The second kappa shape index (κ2) is 7.85. The Morgan fingerprint density at radius 3 is 2.70 bits per heavy atom. The van der Waals surface area contributed by atoms with Gasteiger partial charge in [-0.15, -0.1) is 0 Å². The zero-order valence-electron chi connectivity index (χ0n) is 15.5. The van der Waals surface area contributed by atoms with Gasteiger partial charge in [-0.3, -0.25) is 4.79 Å². The van der Waals surface area contributed by atoms with Crippen molar-refractivity contribution >= 4 is 72.0 Å².